The highest BCUT2D eigenvalue weighted by molar-refractivity contribution is 6.42. The summed E-state index contributed by atoms with van der Waals surface area (Å²) in [6.07, 6.45) is -0.447. The van der Waals surface area contributed by atoms with E-state index in [0.29, 0.717) is 27.6 Å². The summed E-state index contributed by atoms with van der Waals surface area (Å²) in [5.74, 6) is 1.30. The molecule has 1 heterocycles. The van der Waals surface area contributed by atoms with Crippen LogP contribution in [-0.2, 0) is 0 Å². The zero-order valence-corrected chi connectivity index (χ0v) is 14.1. The highest BCUT2D eigenvalue weighted by Gasteiger charge is 2.18. The number of nitrogens with zero attached hydrogens (tertiary/aromatic N) is 2. The molecule has 0 aliphatic heterocycles. The molecule has 2 aromatic carbocycles. The van der Waals surface area contributed by atoms with E-state index in [4.69, 9.17) is 32.4 Å². The van der Waals surface area contributed by atoms with Crippen molar-refractivity contribution >= 4 is 23.2 Å². The number of benzene rings is 2. The number of aryl methyl sites for hydroxylation is 1. The third kappa shape index (κ3) is 3.49. The van der Waals surface area contributed by atoms with Crippen LogP contribution in [0.2, 0.25) is 10.0 Å². The third-order valence-corrected chi connectivity index (χ3v) is 4.11. The Kier molecular flexibility index (Phi) is 4.55. The molecule has 0 spiro atoms. The summed E-state index contributed by atoms with van der Waals surface area (Å²) in [7, 11) is 0. The second-order valence-corrected chi connectivity index (χ2v) is 5.91. The van der Waals surface area contributed by atoms with Crippen molar-refractivity contribution in [3.8, 4) is 17.2 Å². The molecule has 118 valence electrons. The molecule has 3 rings (SSSR count). The second kappa shape index (κ2) is 6.60. The molecule has 0 saturated carbocycles. The predicted molar refractivity (Wildman–Crippen MR) is 90.0 cm³/mol. The summed E-state index contributed by atoms with van der Waals surface area (Å²) in [5, 5.41) is 8.90. The van der Waals surface area contributed by atoms with Crippen molar-refractivity contribution in [3.05, 3.63) is 64.0 Å². The number of rotatable bonds is 4. The molecule has 0 radical (unpaired) electrons. The smallest absolute Gasteiger partial charge is 0.257 e. The van der Waals surface area contributed by atoms with Crippen LogP contribution in [0.5, 0.6) is 5.75 Å². The van der Waals surface area contributed by atoms with E-state index in [1.807, 2.05) is 38.1 Å². The Bertz CT molecular complexity index is 816. The Hall–Kier alpha value is -2.04. The quantitative estimate of drug-likeness (QED) is 0.625. The topological polar surface area (TPSA) is 48.2 Å². The van der Waals surface area contributed by atoms with E-state index in [2.05, 4.69) is 10.2 Å². The molecule has 0 N–H and O–H groups in total. The minimum atomic E-state index is -0.447. The van der Waals surface area contributed by atoms with Gasteiger partial charge in [0.15, 0.2) is 6.10 Å². The maximum Gasteiger partial charge on any atom is 0.257 e. The molecule has 0 aliphatic rings. The molecule has 0 fully saturated rings. The molecule has 0 bridgehead atoms. The minimum Gasteiger partial charge on any atom is -0.479 e. The van der Waals surface area contributed by atoms with Gasteiger partial charge in [-0.25, -0.2) is 0 Å². The second-order valence-electron chi connectivity index (χ2n) is 5.12. The Morgan fingerprint density at radius 3 is 2.52 bits per heavy atom. The number of hydrogen-bond donors (Lipinski definition) is 0. The van der Waals surface area contributed by atoms with Crippen molar-refractivity contribution in [2.75, 3.05) is 0 Å². The van der Waals surface area contributed by atoms with E-state index in [-0.39, 0.29) is 0 Å². The number of ether oxygens (including phenoxy) is 1. The Morgan fingerprint density at radius 1 is 1.04 bits per heavy atom. The Balaban J connectivity index is 1.79. The zero-order valence-electron chi connectivity index (χ0n) is 12.6. The van der Waals surface area contributed by atoms with Gasteiger partial charge in [-0.2, -0.15) is 0 Å². The van der Waals surface area contributed by atoms with Crippen LogP contribution in [0.15, 0.2) is 46.9 Å². The lowest BCUT2D eigenvalue weighted by molar-refractivity contribution is 0.190. The predicted octanol–water partition coefficient (Wildman–Crippen LogP) is 5.49. The average molecular weight is 349 g/mol. The fraction of sp³-hybridized carbons (Fsp3) is 0.176. The van der Waals surface area contributed by atoms with E-state index in [1.54, 1.807) is 18.2 Å². The van der Waals surface area contributed by atoms with Gasteiger partial charge >= 0.3 is 0 Å². The molecular weight excluding hydrogens is 335 g/mol. The van der Waals surface area contributed by atoms with Gasteiger partial charge in [0.2, 0.25) is 5.89 Å². The van der Waals surface area contributed by atoms with E-state index >= 15 is 0 Å². The van der Waals surface area contributed by atoms with Gasteiger partial charge < -0.3 is 9.15 Å². The summed E-state index contributed by atoms with van der Waals surface area (Å²) >= 11 is 12.1. The molecule has 0 amide bonds. The van der Waals surface area contributed by atoms with Crippen LogP contribution in [0.3, 0.4) is 0 Å². The summed E-state index contributed by atoms with van der Waals surface area (Å²) in [6, 6.07) is 13.1. The van der Waals surface area contributed by atoms with Crippen molar-refractivity contribution in [2.45, 2.75) is 20.0 Å². The number of halogens is 2. The van der Waals surface area contributed by atoms with Crippen molar-refractivity contribution in [1.29, 1.82) is 0 Å². The lowest BCUT2D eigenvalue weighted by Crippen LogP contribution is -2.04. The van der Waals surface area contributed by atoms with Crippen molar-refractivity contribution in [1.82, 2.24) is 10.2 Å². The Morgan fingerprint density at radius 2 is 1.78 bits per heavy atom. The molecule has 0 aliphatic carbocycles. The van der Waals surface area contributed by atoms with Gasteiger partial charge in [0, 0.05) is 5.56 Å². The zero-order chi connectivity index (χ0) is 16.4. The lowest BCUT2D eigenvalue weighted by Gasteiger charge is -2.12. The summed E-state index contributed by atoms with van der Waals surface area (Å²) in [4.78, 5) is 0. The monoisotopic (exact) mass is 348 g/mol. The fourth-order valence-corrected chi connectivity index (χ4v) is 2.36. The van der Waals surface area contributed by atoms with Gasteiger partial charge in [-0.15, -0.1) is 10.2 Å². The normalized spacial score (nSPS) is 12.2. The van der Waals surface area contributed by atoms with Crippen molar-refractivity contribution in [2.24, 2.45) is 0 Å². The molecule has 6 heteroatoms. The largest absolute Gasteiger partial charge is 0.479 e. The van der Waals surface area contributed by atoms with E-state index in [1.165, 1.54) is 5.56 Å². The maximum absolute atomic E-state index is 6.12. The summed E-state index contributed by atoms with van der Waals surface area (Å²) in [5.41, 5.74) is 2.03. The maximum atomic E-state index is 6.12. The van der Waals surface area contributed by atoms with Crippen LogP contribution in [-0.4, -0.2) is 10.2 Å². The SMILES string of the molecule is Cc1ccc(-c2nnc(C(C)Oc3cccc(Cl)c3Cl)o2)cc1. The van der Waals surface area contributed by atoms with Crippen LogP contribution in [0.4, 0.5) is 0 Å². The Labute approximate surface area is 144 Å². The van der Waals surface area contributed by atoms with Gasteiger partial charge in [-0.1, -0.05) is 47.0 Å². The van der Waals surface area contributed by atoms with Gasteiger partial charge in [-0.3, -0.25) is 0 Å². The van der Waals surface area contributed by atoms with Gasteiger partial charge in [-0.05, 0) is 38.1 Å². The highest BCUT2D eigenvalue weighted by Crippen LogP contribution is 2.34. The van der Waals surface area contributed by atoms with Crippen LogP contribution >= 0.6 is 23.2 Å². The first-order chi connectivity index (χ1) is 11.0. The van der Waals surface area contributed by atoms with Crippen LogP contribution in [0.25, 0.3) is 11.5 Å². The fourth-order valence-electron chi connectivity index (χ4n) is 2.03. The van der Waals surface area contributed by atoms with Crippen molar-refractivity contribution in [3.63, 3.8) is 0 Å². The summed E-state index contributed by atoms with van der Waals surface area (Å²) < 4.78 is 11.5. The average Bonchev–Trinajstić information content (AvgIpc) is 3.02. The third-order valence-electron chi connectivity index (χ3n) is 3.31. The first-order valence-electron chi connectivity index (χ1n) is 7.05. The number of hydrogen-bond acceptors (Lipinski definition) is 4. The lowest BCUT2D eigenvalue weighted by atomic mass is 10.1. The molecular formula is C17H14Cl2N2O2. The first-order valence-corrected chi connectivity index (χ1v) is 7.81. The highest BCUT2D eigenvalue weighted by atomic mass is 35.5. The van der Waals surface area contributed by atoms with Crippen LogP contribution in [0, 0.1) is 6.92 Å². The van der Waals surface area contributed by atoms with E-state index in [9.17, 15) is 0 Å². The molecule has 23 heavy (non-hydrogen) atoms. The van der Waals surface area contributed by atoms with Gasteiger partial charge in [0.1, 0.15) is 10.8 Å². The van der Waals surface area contributed by atoms with Gasteiger partial charge in [0.05, 0.1) is 5.02 Å². The van der Waals surface area contributed by atoms with E-state index in [0.717, 1.165) is 5.56 Å². The van der Waals surface area contributed by atoms with Gasteiger partial charge in [0.25, 0.3) is 5.89 Å². The summed E-state index contributed by atoms with van der Waals surface area (Å²) in [6.45, 7) is 3.83. The molecule has 3 aromatic rings. The molecule has 1 unspecified atom stereocenters. The van der Waals surface area contributed by atoms with Crippen LogP contribution in [0.1, 0.15) is 24.5 Å². The van der Waals surface area contributed by atoms with E-state index < -0.39 is 6.10 Å². The standard InChI is InChI=1S/C17H14Cl2N2O2/c1-10-6-8-12(9-7-10)17-21-20-16(23-17)11(2)22-14-5-3-4-13(18)15(14)19/h3-9,11H,1-2H3. The van der Waals surface area contributed by atoms with Crippen molar-refractivity contribution < 1.29 is 9.15 Å². The minimum absolute atomic E-state index is 0.360. The van der Waals surface area contributed by atoms with Crippen LogP contribution < -0.4 is 4.74 Å². The molecule has 1 aromatic heterocycles. The molecule has 4 nitrogen and oxygen atoms in total. The molecule has 0 saturated heterocycles. The number of aromatic nitrogens is 2. The first kappa shape index (κ1) is 15.8. The molecule has 1 atom stereocenters.